The predicted molar refractivity (Wildman–Crippen MR) is 112 cm³/mol. The van der Waals surface area contributed by atoms with Crippen molar-refractivity contribution in [1.29, 1.82) is 0 Å². The molecule has 0 radical (unpaired) electrons. The van der Waals surface area contributed by atoms with E-state index in [-0.39, 0.29) is 11.4 Å². The Morgan fingerprint density at radius 2 is 1.70 bits per heavy atom. The number of anilines is 3. The lowest BCUT2D eigenvalue weighted by atomic mass is 10.1. The maximum Gasteiger partial charge on any atom is 0.290 e. The van der Waals surface area contributed by atoms with Crippen LogP contribution < -0.4 is 15.8 Å². The number of benzene rings is 2. The predicted octanol–water partition coefficient (Wildman–Crippen LogP) is 1.71. The molecule has 1 heterocycles. The van der Waals surface area contributed by atoms with E-state index in [4.69, 9.17) is 15.0 Å². The maximum atomic E-state index is 11.3. The van der Waals surface area contributed by atoms with Crippen molar-refractivity contribution in [3.05, 3.63) is 72.4 Å². The Morgan fingerprint density at radius 1 is 1.07 bits per heavy atom. The van der Waals surface area contributed by atoms with Gasteiger partial charge in [0, 0.05) is 18.4 Å². The van der Waals surface area contributed by atoms with Crippen LogP contribution in [0.1, 0.15) is 11.7 Å². The fourth-order valence-corrected chi connectivity index (χ4v) is 2.88. The zero-order valence-corrected chi connectivity index (χ0v) is 16.5. The third-order valence-electron chi connectivity index (χ3n) is 3.76. The first-order valence-corrected chi connectivity index (χ1v) is 10.2. The first-order valence-electron chi connectivity index (χ1n) is 8.61. The highest BCUT2D eigenvalue weighted by atomic mass is 32.2. The first kappa shape index (κ1) is 22.7. The van der Waals surface area contributed by atoms with Crippen LogP contribution in [0.5, 0.6) is 0 Å². The minimum atomic E-state index is -3.73. The molecule has 3 rings (SSSR count). The van der Waals surface area contributed by atoms with Crippen LogP contribution >= 0.6 is 0 Å². The van der Waals surface area contributed by atoms with Crippen LogP contribution in [-0.2, 0) is 14.8 Å². The Bertz CT molecular complexity index is 1050. The highest BCUT2D eigenvalue weighted by Crippen LogP contribution is 2.18. The second-order valence-corrected chi connectivity index (χ2v) is 7.43. The van der Waals surface area contributed by atoms with Crippen LogP contribution in [0.15, 0.2) is 71.8 Å². The Morgan fingerprint density at radius 3 is 2.30 bits per heavy atom. The highest BCUT2D eigenvalue weighted by molar-refractivity contribution is 7.89. The average molecular weight is 431 g/mol. The molecule has 1 aromatic heterocycles. The van der Waals surface area contributed by atoms with Crippen LogP contribution in [0.2, 0.25) is 0 Å². The molecule has 0 saturated carbocycles. The van der Waals surface area contributed by atoms with Crippen molar-refractivity contribution in [1.82, 2.24) is 9.97 Å². The van der Waals surface area contributed by atoms with E-state index in [1.807, 2.05) is 30.3 Å². The number of sulfonamides is 1. The molecule has 6 N–H and O–H groups in total. The van der Waals surface area contributed by atoms with Crippen molar-refractivity contribution in [2.24, 2.45) is 5.14 Å². The average Bonchev–Trinajstić information content (AvgIpc) is 2.73. The summed E-state index contributed by atoms with van der Waals surface area (Å²) in [4.78, 5) is 16.8. The quantitative estimate of drug-likeness (QED) is 0.350. The fraction of sp³-hybridized carbons (Fsp3) is 0.105. The van der Waals surface area contributed by atoms with Crippen molar-refractivity contribution in [2.45, 2.75) is 11.0 Å². The van der Waals surface area contributed by atoms with E-state index < -0.39 is 16.1 Å². The molecule has 10 nitrogen and oxygen atoms in total. The molecule has 0 amide bonds. The number of aromatic nitrogens is 2. The lowest BCUT2D eigenvalue weighted by Gasteiger charge is -2.13. The van der Waals surface area contributed by atoms with Gasteiger partial charge in [-0.2, -0.15) is 4.98 Å². The summed E-state index contributed by atoms with van der Waals surface area (Å²) in [6.07, 6.45) is 0.911. The molecule has 0 fully saturated rings. The van der Waals surface area contributed by atoms with Crippen LogP contribution in [0, 0.1) is 0 Å². The summed E-state index contributed by atoms with van der Waals surface area (Å²) in [5, 5.41) is 28.2. The number of aliphatic hydroxyl groups is 1. The Kier molecular flexibility index (Phi) is 8.23. The number of carbonyl (C=O) groups is 1. The van der Waals surface area contributed by atoms with Gasteiger partial charge in [-0.25, -0.2) is 18.5 Å². The number of carboxylic acid groups (broad SMARTS) is 1. The van der Waals surface area contributed by atoms with E-state index >= 15 is 0 Å². The second kappa shape index (κ2) is 10.9. The number of primary sulfonamides is 1. The van der Waals surface area contributed by atoms with Gasteiger partial charge in [-0.3, -0.25) is 4.79 Å². The van der Waals surface area contributed by atoms with Gasteiger partial charge >= 0.3 is 0 Å². The first-order chi connectivity index (χ1) is 14.3. The Labute approximate surface area is 173 Å². The summed E-state index contributed by atoms with van der Waals surface area (Å²) < 4.78 is 22.6. The van der Waals surface area contributed by atoms with Crippen molar-refractivity contribution >= 4 is 33.9 Å². The molecule has 0 aliphatic rings. The Balaban J connectivity index is 0.00000101. The number of rotatable bonds is 7. The lowest BCUT2D eigenvalue weighted by Crippen LogP contribution is -2.13. The van der Waals surface area contributed by atoms with Crippen LogP contribution in [0.3, 0.4) is 0 Å². The van der Waals surface area contributed by atoms with E-state index in [2.05, 4.69) is 20.6 Å². The number of aliphatic hydroxyl groups excluding tert-OH is 1. The second-order valence-electron chi connectivity index (χ2n) is 5.87. The standard InChI is InChI=1S/C18H19N5O3S.CH2O2/c19-27(25,26)15-8-6-14(7-9-15)22-18-20-11-10-17(23-18)21-12-16(24)13-4-2-1-3-5-13;2-1-3/h1-11,16,24H,12H2,(H2,19,25,26)(H2,20,21,22,23);1H,(H,2,3). The smallest absolute Gasteiger partial charge is 0.290 e. The van der Waals surface area contributed by atoms with Gasteiger partial charge in [0.25, 0.3) is 6.47 Å². The van der Waals surface area contributed by atoms with Crippen molar-refractivity contribution in [3.63, 3.8) is 0 Å². The molecule has 0 aliphatic heterocycles. The van der Waals surface area contributed by atoms with Gasteiger partial charge in [0.1, 0.15) is 5.82 Å². The molecule has 1 unspecified atom stereocenters. The van der Waals surface area contributed by atoms with Crippen molar-refractivity contribution < 1.29 is 23.4 Å². The number of nitrogens with two attached hydrogens (primary N) is 1. The van der Waals surface area contributed by atoms with Gasteiger partial charge in [-0.05, 0) is 35.9 Å². The van der Waals surface area contributed by atoms with Crippen molar-refractivity contribution in [3.8, 4) is 0 Å². The SMILES string of the molecule is NS(=O)(=O)c1ccc(Nc2nccc(NCC(O)c3ccccc3)n2)cc1.O=CO. The molecule has 11 heteroatoms. The summed E-state index contributed by atoms with van der Waals surface area (Å²) in [7, 11) is -3.73. The van der Waals surface area contributed by atoms with Gasteiger partial charge in [0.2, 0.25) is 16.0 Å². The monoisotopic (exact) mass is 431 g/mol. The fourth-order valence-electron chi connectivity index (χ4n) is 2.37. The van der Waals surface area contributed by atoms with E-state index in [0.717, 1.165) is 5.56 Å². The molecule has 1 atom stereocenters. The third-order valence-corrected chi connectivity index (χ3v) is 4.68. The van der Waals surface area contributed by atoms with Crippen molar-refractivity contribution in [2.75, 3.05) is 17.2 Å². The van der Waals surface area contributed by atoms with E-state index in [9.17, 15) is 13.5 Å². The summed E-state index contributed by atoms with van der Waals surface area (Å²) in [5.41, 5.74) is 1.43. The lowest BCUT2D eigenvalue weighted by molar-refractivity contribution is -0.122. The molecule has 0 spiro atoms. The number of nitrogens with zero attached hydrogens (tertiary/aromatic N) is 2. The Hall–Kier alpha value is -3.54. The van der Waals surface area contributed by atoms with Crippen LogP contribution in [0.4, 0.5) is 17.5 Å². The van der Waals surface area contributed by atoms with Crippen LogP contribution in [0.25, 0.3) is 0 Å². The topological polar surface area (TPSA) is 168 Å². The van der Waals surface area contributed by atoms with Gasteiger partial charge < -0.3 is 20.8 Å². The minimum Gasteiger partial charge on any atom is -0.483 e. The number of hydrogen-bond donors (Lipinski definition) is 5. The van der Waals surface area contributed by atoms with E-state index in [0.29, 0.717) is 24.0 Å². The molecule has 3 aromatic rings. The van der Waals surface area contributed by atoms with E-state index in [1.54, 1.807) is 24.4 Å². The molecule has 30 heavy (non-hydrogen) atoms. The zero-order valence-electron chi connectivity index (χ0n) is 15.7. The molecule has 0 bridgehead atoms. The molecule has 2 aromatic carbocycles. The molecule has 0 saturated heterocycles. The summed E-state index contributed by atoms with van der Waals surface area (Å²) in [6, 6.07) is 17.0. The largest absolute Gasteiger partial charge is 0.483 e. The molecular formula is C19H21N5O5S. The third kappa shape index (κ3) is 7.13. The number of nitrogens with one attached hydrogen (secondary N) is 2. The molecular weight excluding hydrogens is 410 g/mol. The minimum absolute atomic E-state index is 0.0271. The van der Waals surface area contributed by atoms with E-state index in [1.165, 1.54) is 12.1 Å². The summed E-state index contributed by atoms with van der Waals surface area (Å²) in [5.74, 6) is 0.876. The van der Waals surface area contributed by atoms with Gasteiger partial charge in [-0.15, -0.1) is 0 Å². The molecule has 0 aliphatic carbocycles. The normalized spacial score (nSPS) is 11.5. The summed E-state index contributed by atoms with van der Waals surface area (Å²) in [6.45, 7) is 0.0452. The molecule has 158 valence electrons. The summed E-state index contributed by atoms with van der Waals surface area (Å²) >= 11 is 0. The van der Waals surface area contributed by atoms with Gasteiger partial charge in [0.05, 0.1) is 11.0 Å². The van der Waals surface area contributed by atoms with Crippen LogP contribution in [-0.4, -0.2) is 41.6 Å². The van der Waals surface area contributed by atoms with Gasteiger partial charge in [-0.1, -0.05) is 30.3 Å². The maximum absolute atomic E-state index is 11.3. The van der Waals surface area contributed by atoms with Gasteiger partial charge in [0.15, 0.2) is 0 Å². The zero-order chi connectivity index (χ0) is 22.0. The number of hydrogen-bond acceptors (Lipinski definition) is 8. The highest BCUT2D eigenvalue weighted by Gasteiger charge is 2.09.